The van der Waals surface area contributed by atoms with E-state index in [2.05, 4.69) is 0 Å². The van der Waals surface area contributed by atoms with Crippen LogP contribution >= 0.6 is 11.3 Å². The number of rotatable bonds is 5. The fourth-order valence-corrected chi connectivity index (χ4v) is 4.18. The van der Waals surface area contributed by atoms with Gasteiger partial charge in [0.05, 0.1) is 17.9 Å². The van der Waals surface area contributed by atoms with Crippen molar-refractivity contribution in [3.05, 3.63) is 47.3 Å². The van der Waals surface area contributed by atoms with Crippen molar-refractivity contribution in [2.24, 2.45) is 0 Å². The first-order valence-corrected chi connectivity index (χ1v) is 8.59. The Bertz CT molecular complexity index is 723. The maximum atomic E-state index is 12.5. The maximum absolute atomic E-state index is 12.5. The number of para-hydroxylation sites is 1. The molecule has 21 heavy (non-hydrogen) atoms. The summed E-state index contributed by atoms with van der Waals surface area (Å²) in [4.78, 5) is 11.9. The summed E-state index contributed by atoms with van der Waals surface area (Å²) < 4.78 is 31.3. The van der Waals surface area contributed by atoms with Crippen LogP contribution in [0.4, 0.5) is 5.69 Å². The van der Waals surface area contributed by atoms with Gasteiger partial charge in [0.15, 0.2) is 0 Å². The van der Waals surface area contributed by atoms with E-state index in [-0.39, 0.29) is 16.4 Å². The lowest BCUT2D eigenvalue weighted by atomic mass is 10.2. The van der Waals surface area contributed by atoms with Crippen LogP contribution in [0.3, 0.4) is 0 Å². The number of carbonyl (C=O) groups is 1. The predicted octanol–water partition coefficient (Wildman–Crippen LogP) is 2.75. The number of thiophene rings is 1. The number of hydrogen-bond donors (Lipinski definition) is 0. The smallest absolute Gasteiger partial charge is 0.340 e. The summed E-state index contributed by atoms with van der Waals surface area (Å²) in [6.45, 7) is 1.93. The van der Waals surface area contributed by atoms with Crippen molar-refractivity contribution in [2.45, 2.75) is 11.1 Å². The molecule has 0 aliphatic heterocycles. The van der Waals surface area contributed by atoms with Crippen molar-refractivity contribution >= 4 is 33.0 Å². The molecule has 0 atom stereocenters. The molecule has 2 aromatic rings. The quantitative estimate of drug-likeness (QED) is 0.793. The zero-order valence-electron chi connectivity index (χ0n) is 11.6. The fourth-order valence-electron chi connectivity index (χ4n) is 1.80. The Balaban J connectivity index is 2.45. The van der Waals surface area contributed by atoms with E-state index >= 15 is 0 Å². The van der Waals surface area contributed by atoms with Crippen LogP contribution < -0.4 is 4.31 Å². The van der Waals surface area contributed by atoms with E-state index in [9.17, 15) is 13.2 Å². The molecule has 0 fully saturated rings. The summed E-state index contributed by atoms with van der Waals surface area (Å²) in [5, 5.41) is 1.69. The van der Waals surface area contributed by atoms with Gasteiger partial charge in [0.2, 0.25) is 0 Å². The average Bonchev–Trinajstić information content (AvgIpc) is 3.01. The number of ether oxygens (including phenoxy) is 1. The van der Waals surface area contributed by atoms with Crippen LogP contribution in [0.1, 0.15) is 17.3 Å². The minimum absolute atomic E-state index is 0.224. The third-order valence-corrected chi connectivity index (χ3v) is 5.99. The van der Waals surface area contributed by atoms with Crippen molar-refractivity contribution in [1.29, 1.82) is 0 Å². The lowest BCUT2D eigenvalue weighted by Gasteiger charge is -2.20. The third-order valence-electron chi connectivity index (χ3n) is 2.85. The largest absolute Gasteiger partial charge is 0.462 e. The second kappa shape index (κ2) is 6.28. The summed E-state index contributed by atoms with van der Waals surface area (Å²) >= 11 is 1.13. The summed E-state index contributed by atoms with van der Waals surface area (Å²) in [5.41, 5.74) is 0.520. The lowest BCUT2D eigenvalue weighted by molar-refractivity contribution is 0.0527. The molecule has 0 bridgehead atoms. The number of sulfonamides is 1. The van der Waals surface area contributed by atoms with Gasteiger partial charge in [-0.05, 0) is 30.5 Å². The lowest BCUT2D eigenvalue weighted by Crippen LogP contribution is -2.27. The number of carbonyl (C=O) groups excluding carboxylic acids is 1. The zero-order valence-corrected chi connectivity index (χ0v) is 13.3. The topological polar surface area (TPSA) is 63.7 Å². The van der Waals surface area contributed by atoms with E-state index in [0.29, 0.717) is 5.69 Å². The molecular formula is C14H15NO4S2. The van der Waals surface area contributed by atoms with Crippen molar-refractivity contribution in [2.75, 3.05) is 18.0 Å². The third kappa shape index (κ3) is 3.08. The van der Waals surface area contributed by atoms with E-state index in [0.717, 1.165) is 15.6 Å². The van der Waals surface area contributed by atoms with Gasteiger partial charge in [-0.3, -0.25) is 4.31 Å². The highest BCUT2D eigenvalue weighted by atomic mass is 32.2. The second-order valence-electron chi connectivity index (χ2n) is 4.14. The van der Waals surface area contributed by atoms with E-state index in [1.54, 1.807) is 42.6 Å². The molecule has 2 rings (SSSR count). The van der Waals surface area contributed by atoms with Gasteiger partial charge in [0.1, 0.15) is 4.21 Å². The SMILES string of the molecule is CCOC(=O)c1ccccc1N(C)S(=O)(=O)c1cccs1. The first kappa shape index (κ1) is 15.5. The Kier molecular flexibility index (Phi) is 4.64. The molecule has 0 radical (unpaired) electrons. The van der Waals surface area contributed by atoms with E-state index < -0.39 is 16.0 Å². The molecule has 112 valence electrons. The van der Waals surface area contributed by atoms with E-state index in [1.807, 2.05) is 0 Å². The molecule has 0 spiro atoms. The fraction of sp³-hybridized carbons (Fsp3) is 0.214. The van der Waals surface area contributed by atoms with Crippen LogP contribution in [0.15, 0.2) is 46.0 Å². The van der Waals surface area contributed by atoms with Gasteiger partial charge in [-0.2, -0.15) is 0 Å². The normalized spacial score (nSPS) is 11.1. The summed E-state index contributed by atoms with van der Waals surface area (Å²) in [5.74, 6) is -0.540. The van der Waals surface area contributed by atoms with E-state index in [1.165, 1.54) is 13.1 Å². The highest BCUT2D eigenvalue weighted by Gasteiger charge is 2.26. The molecule has 0 saturated carbocycles. The molecular weight excluding hydrogens is 310 g/mol. The Morgan fingerprint density at radius 2 is 1.95 bits per heavy atom. The Hall–Kier alpha value is -1.86. The number of nitrogens with zero attached hydrogens (tertiary/aromatic N) is 1. The highest BCUT2D eigenvalue weighted by molar-refractivity contribution is 7.94. The van der Waals surface area contributed by atoms with Gasteiger partial charge in [0, 0.05) is 7.05 Å². The van der Waals surface area contributed by atoms with E-state index in [4.69, 9.17) is 4.74 Å². The Morgan fingerprint density at radius 1 is 1.24 bits per heavy atom. The number of benzene rings is 1. The minimum Gasteiger partial charge on any atom is -0.462 e. The van der Waals surface area contributed by atoms with Crippen LogP contribution in [0.25, 0.3) is 0 Å². The molecule has 0 amide bonds. The molecule has 0 N–H and O–H groups in total. The molecule has 1 aromatic heterocycles. The number of anilines is 1. The summed E-state index contributed by atoms with van der Waals surface area (Å²) in [6.07, 6.45) is 0. The minimum atomic E-state index is -3.68. The standard InChI is InChI=1S/C14H15NO4S2/c1-3-19-14(16)11-7-4-5-8-12(11)15(2)21(17,18)13-9-6-10-20-13/h4-10H,3H2,1-2H3. The maximum Gasteiger partial charge on any atom is 0.340 e. The Labute approximate surface area is 127 Å². The molecule has 7 heteroatoms. The second-order valence-corrected chi connectivity index (χ2v) is 7.29. The molecule has 0 saturated heterocycles. The van der Waals surface area contributed by atoms with Gasteiger partial charge in [-0.1, -0.05) is 18.2 Å². The Morgan fingerprint density at radius 3 is 2.57 bits per heavy atom. The van der Waals surface area contributed by atoms with Crippen LogP contribution in [-0.4, -0.2) is 28.0 Å². The van der Waals surface area contributed by atoms with Crippen LogP contribution in [0.5, 0.6) is 0 Å². The van der Waals surface area contributed by atoms with Gasteiger partial charge in [-0.15, -0.1) is 11.3 Å². The summed E-state index contributed by atoms with van der Waals surface area (Å²) in [6, 6.07) is 9.68. The first-order chi connectivity index (χ1) is 9.98. The van der Waals surface area contributed by atoms with Gasteiger partial charge in [-0.25, -0.2) is 13.2 Å². The van der Waals surface area contributed by atoms with Crippen LogP contribution in [0, 0.1) is 0 Å². The first-order valence-electron chi connectivity index (χ1n) is 6.27. The van der Waals surface area contributed by atoms with Crippen molar-refractivity contribution in [1.82, 2.24) is 0 Å². The van der Waals surface area contributed by atoms with Gasteiger partial charge in [0.25, 0.3) is 10.0 Å². The predicted molar refractivity (Wildman–Crippen MR) is 82.3 cm³/mol. The highest BCUT2D eigenvalue weighted by Crippen LogP contribution is 2.28. The average molecular weight is 325 g/mol. The van der Waals surface area contributed by atoms with Crippen LogP contribution in [0.2, 0.25) is 0 Å². The van der Waals surface area contributed by atoms with Gasteiger partial charge < -0.3 is 4.74 Å². The zero-order chi connectivity index (χ0) is 15.5. The number of esters is 1. The van der Waals surface area contributed by atoms with Crippen molar-refractivity contribution in [3.63, 3.8) is 0 Å². The van der Waals surface area contributed by atoms with Crippen molar-refractivity contribution in [3.8, 4) is 0 Å². The number of hydrogen-bond acceptors (Lipinski definition) is 5. The molecule has 0 aliphatic rings. The summed E-state index contributed by atoms with van der Waals surface area (Å²) in [7, 11) is -2.25. The van der Waals surface area contributed by atoms with Gasteiger partial charge >= 0.3 is 5.97 Å². The molecule has 1 aromatic carbocycles. The molecule has 5 nitrogen and oxygen atoms in total. The van der Waals surface area contributed by atoms with Crippen molar-refractivity contribution < 1.29 is 17.9 Å². The molecule has 0 aliphatic carbocycles. The molecule has 0 unspecified atom stereocenters. The van der Waals surface area contributed by atoms with Crippen LogP contribution in [-0.2, 0) is 14.8 Å². The molecule has 1 heterocycles. The monoisotopic (exact) mass is 325 g/mol.